The highest BCUT2D eigenvalue weighted by atomic mass is 16.5. The molecule has 3 rings (SSSR count). The molecule has 0 amide bonds. The van der Waals surface area contributed by atoms with Crippen LogP contribution in [-0.2, 0) is 0 Å². The van der Waals surface area contributed by atoms with E-state index in [1.807, 2.05) is 88.4 Å². The van der Waals surface area contributed by atoms with Crippen LogP contribution < -0.4 is 9.47 Å². The number of likely N-dealkylation sites (tertiary alicyclic amines) is 1. The zero-order chi connectivity index (χ0) is 20.0. The van der Waals surface area contributed by atoms with Crippen molar-refractivity contribution in [2.45, 2.75) is 53.1 Å². The molecule has 0 N–H and O–H groups in total. The lowest BCUT2D eigenvalue weighted by Crippen LogP contribution is -2.50. The summed E-state index contributed by atoms with van der Waals surface area (Å²) >= 11 is 0. The summed E-state index contributed by atoms with van der Waals surface area (Å²) in [6, 6.07) is 20.1. The highest BCUT2D eigenvalue weighted by Crippen LogP contribution is 2.27. The van der Waals surface area contributed by atoms with Crippen LogP contribution in [0.5, 0.6) is 11.5 Å². The molecule has 1 atom stereocenters. The van der Waals surface area contributed by atoms with E-state index in [1.165, 1.54) is 0 Å². The molecule has 0 bridgehead atoms. The molecule has 2 aromatic rings. The van der Waals surface area contributed by atoms with Crippen molar-refractivity contribution in [1.29, 1.82) is 0 Å². The maximum absolute atomic E-state index is 6.26. The molecular weight excluding hydrogens is 334 g/mol. The van der Waals surface area contributed by atoms with E-state index >= 15 is 0 Å². The summed E-state index contributed by atoms with van der Waals surface area (Å²) in [5, 5.41) is 0. The van der Waals surface area contributed by atoms with Gasteiger partial charge >= 0.3 is 0 Å². The molecular formula is C24H37NO2. The van der Waals surface area contributed by atoms with E-state index in [1.54, 1.807) is 0 Å². The first-order valence-corrected chi connectivity index (χ1v) is 10.4. The van der Waals surface area contributed by atoms with Gasteiger partial charge in [0.2, 0.25) is 0 Å². The maximum Gasteiger partial charge on any atom is 0.120 e. The van der Waals surface area contributed by atoms with E-state index in [0.29, 0.717) is 6.61 Å². The van der Waals surface area contributed by atoms with E-state index in [2.05, 4.69) is 11.8 Å². The van der Waals surface area contributed by atoms with Crippen LogP contribution in [0.25, 0.3) is 0 Å². The van der Waals surface area contributed by atoms with Crippen LogP contribution in [0, 0.1) is 0 Å². The van der Waals surface area contributed by atoms with Crippen molar-refractivity contribution >= 4 is 0 Å². The molecule has 0 aliphatic carbocycles. The Labute approximate surface area is 166 Å². The Balaban J connectivity index is 0.000000855. The first-order chi connectivity index (χ1) is 13.2. The van der Waals surface area contributed by atoms with Gasteiger partial charge in [-0.15, -0.1) is 0 Å². The number of hydrogen-bond acceptors (Lipinski definition) is 3. The normalized spacial score (nSPS) is 19.0. The summed E-state index contributed by atoms with van der Waals surface area (Å²) in [5.41, 5.74) is -0.119. The fourth-order valence-electron chi connectivity index (χ4n) is 3.16. The smallest absolute Gasteiger partial charge is 0.120 e. The van der Waals surface area contributed by atoms with Gasteiger partial charge in [0.25, 0.3) is 0 Å². The molecule has 1 fully saturated rings. The first kappa shape index (κ1) is 23.0. The van der Waals surface area contributed by atoms with Gasteiger partial charge in [-0.3, -0.25) is 4.90 Å². The Hall–Kier alpha value is -2.00. The van der Waals surface area contributed by atoms with Gasteiger partial charge in [0.15, 0.2) is 0 Å². The average Bonchev–Trinajstić information content (AvgIpc) is 2.72. The van der Waals surface area contributed by atoms with Gasteiger partial charge in [-0.2, -0.15) is 0 Å². The van der Waals surface area contributed by atoms with Gasteiger partial charge in [-0.05, 0) is 50.6 Å². The molecule has 27 heavy (non-hydrogen) atoms. The van der Waals surface area contributed by atoms with Crippen LogP contribution in [0.15, 0.2) is 60.7 Å². The third kappa shape index (κ3) is 8.49. The largest absolute Gasteiger partial charge is 0.492 e. The Morgan fingerprint density at radius 3 is 2.00 bits per heavy atom. The number of hydrogen-bond donors (Lipinski definition) is 0. The number of ether oxygens (including phenoxy) is 2. The molecule has 1 saturated heterocycles. The van der Waals surface area contributed by atoms with Crippen molar-refractivity contribution in [1.82, 2.24) is 4.90 Å². The number of piperidine rings is 1. The predicted molar refractivity (Wildman–Crippen MR) is 116 cm³/mol. The lowest BCUT2D eigenvalue weighted by molar-refractivity contribution is 0.00215. The molecule has 1 unspecified atom stereocenters. The number of benzene rings is 2. The second-order valence-electron chi connectivity index (χ2n) is 6.41. The van der Waals surface area contributed by atoms with Gasteiger partial charge < -0.3 is 9.47 Å². The average molecular weight is 372 g/mol. The van der Waals surface area contributed by atoms with E-state index < -0.39 is 0 Å². The van der Waals surface area contributed by atoms with Crippen LogP contribution in [0.4, 0.5) is 0 Å². The standard InChI is InChI=1S/C20H25NO2.2C2H6/c1-20(23-19-11-6-3-7-12-19)13-8-14-21(17-20)15-16-22-18-9-4-2-5-10-18;2*1-2/h2-7,9-12H,8,13-17H2,1H3;2*1-2H3. The van der Waals surface area contributed by atoms with Crippen LogP contribution in [0.2, 0.25) is 0 Å². The van der Waals surface area contributed by atoms with E-state index in [0.717, 1.165) is 44.0 Å². The van der Waals surface area contributed by atoms with Gasteiger partial charge in [0.05, 0.1) is 0 Å². The topological polar surface area (TPSA) is 21.7 Å². The molecule has 3 nitrogen and oxygen atoms in total. The van der Waals surface area contributed by atoms with Crippen molar-refractivity contribution in [2.75, 3.05) is 26.2 Å². The Morgan fingerprint density at radius 2 is 1.41 bits per heavy atom. The minimum atomic E-state index is -0.119. The molecule has 2 aromatic carbocycles. The Bertz CT molecular complexity index is 588. The fourth-order valence-corrected chi connectivity index (χ4v) is 3.16. The molecule has 1 aliphatic rings. The number of rotatable bonds is 6. The third-order valence-electron chi connectivity index (χ3n) is 4.26. The molecule has 150 valence electrons. The molecule has 0 spiro atoms. The Kier molecular flexibility index (Phi) is 11.3. The monoisotopic (exact) mass is 371 g/mol. The summed E-state index contributed by atoms with van der Waals surface area (Å²) < 4.78 is 12.1. The van der Waals surface area contributed by atoms with Crippen LogP contribution in [0.1, 0.15) is 47.5 Å². The third-order valence-corrected chi connectivity index (χ3v) is 4.26. The van der Waals surface area contributed by atoms with Crippen LogP contribution in [0.3, 0.4) is 0 Å². The molecule has 0 aromatic heterocycles. The minimum absolute atomic E-state index is 0.119. The van der Waals surface area contributed by atoms with Gasteiger partial charge in [-0.25, -0.2) is 0 Å². The van der Waals surface area contributed by atoms with Crippen molar-refractivity contribution < 1.29 is 9.47 Å². The van der Waals surface area contributed by atoms with Gasteiger partial charge in [0.1, 0.15) is 23.7 Å². The summed E-state index contributed by atoms with van der Waals surface area (Å²) in [7, 11) is 0. The predicted octanol–water partition coefficient (Wildman–Crippen LogP) is 6.05. The number of para-hydroxylation sites is 2. The van der Waals surface area contributed by atoms with Crippen molar-refractivity contribution in [2.24, 2.45) is 0 Å². The lowest BCUT2D eigenvalue weighted by atomic mass is 9.94. The second kappa shape index (κ2) is 13.2. The first-order valence-electron chi connectivity index (χ1n) is 10.4. The second-order valence-corrected chi connectivity index (χ2v) is 6.41. The summed E-state index contributed by atoms with van der Waals surface area (Å²) in [5.74, 6) is 1.89. The summed E-state index contributed by atoms with van der Waals surface area (Å²) in [6.07, 6.45) is 2.26. The fraction of sp³-hybridized carbons (Fsp3) is 0.500. The maximum atomic E-state index is 6.26. The molecule has 1 heterocycles. The lowest BCUT2D eigenvalue weighted by Gasteiger charge is -2.40. The van der Waals surface area contributed by atoms with Crippen molar-refractivity contribution in [3.05, 3.63) is 60.7 Å². The quantitative estimate of drug-likeness (QED) is 0.617. The van der Waals surface area contributed by atoms with Gasteiger partial charge in [0, 0.05) is 13.1 Å². The van der Waals surface area contributed by atoms with Crippen LogP contribution >= 0.6 is 0 Å². The highest BCUT2D eigenvalue weighted by molar-refractivity contribution is 5.22. The van der Waals surface area contributed by atoms with Crippen molar-refractivity contribution in [3.63, 3.8) is 0 Å². The van der Waals surface area contributed by atoms with Crippen molar-refractivity contribution in [3.8, 4) is 11.5 Å². The van der Waals surface area contributed by atoms with E-state index in [4.69, 9.17) is 9.47 Å². The minimum Gasteiger partial charge on any atom is -0.492 e. The summed E-state index contributed by atoms with van der Waals surface area (Å²) in [4.78, 5) is 2.44. The number of nitrogens with zero attached hydrogens (tertiary/aromatic N) is 1. The van der Waals surface area contributed by atoms with E-state index in [-0.39, 0.29) is 5.60 Å². The SMILES string of the molecule is CC.CC.CC1(Oc2ccccc2)CCCN(CCOc2ccccc2)C1. The zero-order valence-corrected chi connectivity index (χ0v) is 17.8. The molecule has 0 saturated carbocycles. The summed E-state index contributed by atoms with van der Waals surface area (Å²) in [6.45, 7) is 13.9. The molecule has 0 radical (unpaired) electrons. The molecule has 1 aliphatic heterocycles. The van der Waals surface area contributed by atoms with Crippen LogP contribution in [-0.4, -0.2) is 36.7 Å². The van der Waals surface area contributed by atoms with Gasteiger partial charge in [-0.1, -0.05) is 64.1 Å². The van der Waals surface area contributed by atoms with E-state index in [9.17, 15) is 0 Å². The Morgan fingerprint density at radius 1 is 0.852 bits per heavy atom. The zero-order valence-electron chi connectivity index (χ0n) is 17.8. The highest BCUT2D eigenvalue weighted by Gasteiger charge is 2.32. The molecule has 3 heteroatoms.